The van der Waals surface area contributed by atoms with E-state index in [2.05, 4.69) is 25.6 Å². The van der Waals surface area contributed by atoms with E-state index in [9.17, 15) is 27.2 Å². The Bertz CT molecular complexity index is 1340. The van der Waals surface area contributed by atoms with Crippen LogP contribution in [0.3, 0.4) is 0 Å². The third-order valence-corrected chi connectivity index (χ3v) is 8.24. The van der Waals surface area contributed by atoms with Crippen molar-refractivity contribution in [3.8, 4) is 11.1 Å². The topological polar surface area (TPSA) is 148 Å². The number of carbonyl (C=O) groups is 3. The van der Waals surface area contributed by atoms with Crippen LogP contribution in [0.5, 0.6) is 0 Å². The Kier molecular flexibility index (Phi) is 6.93. The second-order valence-electron chi connectivity index (χ2n) is 7.75. The summed E-state index contributed by atoms with van der Waals surface area (Å²) in [6.45, 7) is -0.410. The van der Waals surface area contributed by atoms with Gasteiger partial charge in [-0.15, -0.1) is 11.3 Å². The number of amides is 2. The number of halogens is 1. The van der Waals surface area contributed by atoms with Gasteiger partial charge in [-0.3, -0.25) is 9.59 Å². The van der Waals surface area contributed by atoms with Crippen molar-refractivity contribution in [1.29, 1.82) is 0 Å². The molecule has 13 heteroatoms. The summed E-state index contributed by atoms with van der Waals surface area (Å²) >= 11 is 0.851. The molecule has 0 bridgehead atoms. The number of nitrogens with one attached hydrogen (secondary N) is 2. The van der Waals surface area contributed by atoms with E-state index in [1.807, 2.05) is 0 Å². The summed E-state index contributed by atoms with van der Waals surface area (Å²) in [7, 11) is -4.19. The molecule has 3 aromatic rings. The first-order valence-corrected chi connectivity index (χ1v) is 12.9. The van der Waals surface area contributed by atoms with E-state index < -0.39 is 45.0 Å². The Labute approximate surface area is 197 Å². The molecule has 1 aliphatic carbocycles. The predicted octanol–water partition coefficient (Wildman–Crippen LogP) is 1.33. The number of carbonyl (C=O) groups excluding carboxylic acids is 3. The number of benzene rings is 1. The van der Waals surface area contributed by atoms with Crippen molar-refractivity contribution in [3.05, 3.63) is 41.7 Å². The fourth-order valence-corrected chi connectivity index (χ4v) is 6.27. The van der Waals surface area contributed by atoms with Gasteiger partial charge in [0, 0.05) is 30.4 Å². The quantitative estimate of drug-likeness (QED) is 0.392. The maximum Gasteiger partial charge on any atom is 0.245 e. The Hall–Kier alpha value is -3.32. The van der Waals surface area contributed by atoms with Crippen LogP contribution in [0.15, 0.2) is 30.9 Å². The standard InChI is InChI=1S/C21H20FN5O5S2/c22-15-6-12(13-8-23-11-24-9-13)7-16-18(15)27-21(33-16)19(34(31,32)5-1-4-28)20(30)25-10-17(29)26-14-2-3-14/h4,6-9,11,14,19H,1-3,5,10H2,(H,25,30)(H,26,29). The first-order valence-electron chi connectivity index (χ1n) is 10.4. The molecule has 1 aromatic carbocycles. The minimum atomic E-state index is -4.19. The van der Waals surface area contributed by atoms with E-state index in [4.69, 9.17) is 0 Å². The molecule has 0 spiro atoms. The number of nitrogens with zero attached hydrogens (tertiary/aromatic N) is 3. The molecule has 10 nitrogen and oxygen atoms in total. The maximum atomic E-state index is 14.8. The van der Waals surface area contributed by atoms with Crippen molar-refractivity contribution < 1.29 is 27.2 Å². The van der Waals surface area contributed by atoms with E-state index in [1.165, 1.54) is 24.8 Å². The molecular weight excluding hydrogens is 485 g/mol. The van der Waals surface area contributed by atoms with Crippen LogP contribution in [0.4, 0.5) is 4.39 Å². The maximum absolute atomic E-state index is 14.8. The van der Waals surface area contributed by atoms with E-state index >= 15 is 0 Å². The van der Waals surface area contributed by atoms with Gasteiger partial charge in [-0.05, 0) is 30.5 Å². The minimum absolute atomic E-state index is 0.0768. The van der Waals surface area contributed by atoms with Gasteiger partial charge in [0.05, 0.1) is 17.0 Å². The zero-order chi connectivity index (χ0) is 24.3. The van der Waals surface area contributed by atoms with Gasteiger partial charge in [0.25, 0.3) is 0 Å². The van der Waals surface area contributed by atoms with Gasteiger partial charge < -0.3 is 15.4 Å². The molecule has 1 saturated carbocycles. The van der Waals surface area contributed by atoms with Crippen LogP contribution in [-0.2, 0) is 24.2 Å². The summed E-state index contributed by atoms with van der Waals surface area (Å²) < 4.78 is 41.1. The second-order valence-corrected chi connectivity index (χ2v) is 11.0. The Morgan fingerprint density at radius 3 is 2.62 bits per heavy atom. The molecule has 1 aliphatic rings. The molecule has 1 fully saturated rings. The monoisotopic (exact) mass is 505 g/mol. The highest BCUT2D eigenvalue weighted by Crippen LogP contribution is 2.35. The fourth-order valence-electron chi connectivity index (χ4n) is 3.26. The summed E-state index contributed by atoms with van der Waals surface area (Å²) in [5.41, 5.74) is 0.922. The van der Waals surface area contributed by atoms with Crippen LogP contribution in [0.25, 0.3) is 21.3 Å². The van der Waals surface area contributed by atoms with E-state index in [1.54, 1.807) is 6.07 Å². The molecule has 0 saturated heterocycles. The average molecular weight is 506 g/mol. The number of hydrogen-bond donors (Lipinski definition) is 2. The highest BCUT2D eigenvalue weighted by molar-refractivity contribution is 7.92. The van der Waals surface area contributed by atoms with Gasteiger partial charge in [0.1, 0.15) is 23.1 Å². The number of aromatic nitrogens is 3. The van der Waals surface area contributed by atoms with Crippen molar-refractivity contribution in [1.82, 2.24) is 25.6 Å². The van der Waals surface area contributed by atoms with Gasteiger partial charge in [0.2, 0.25) is 11.8 Å². The summed E-state index contributed by atoms with van der Waals surface area (Å²) in [6, 6.07) is 2.91. The van der Waals surface area contributed by atoms with Crippen LogP contribution >= 0.6 is 11.3 Å². The second kappa shape index (κ2) is 9.89. The molecular formula is C21H20FN5O5S2. The first-order chi connectivity index (χ1) is 16.3. The van der Waals surface area contributed by atoms with Gasteiger partial charge in [-0.1, -0.05) is 0 Å². The van der Waals surface area contributed by atoms with E-state index in [0.717, 1.165) is 24.2 Å². The Morgan fingerprint density at radius 2 is 1.94 bits per heavy atom. The molecule has 0 aliphatic heterocycles. The van der Waals surface area contributed by atoms with Crippen molar-refractivity contribution in [2.75, 3.05) is 12.3 Å². The number of hydrogen-bond acceptors (Lipinski definition) is 9. The smallest absolute Gasteiger partial charge is 0.245 e. The lowest BCUT2D eigenvalue weighted by atomic mass is 10.1. The van der Waals surface area contributed by atoms with Crippen molar-refractivity contribution in [3.63, 3.8) is 0 Å². The fraction of sp³-hybridized carbons (Fsp3) is 0.333. The van der Waals surface area contributed by atoms with Gasteiger partial charge in [0.15, 0.2) is 20.9 Å². The zero-order valence-corrected chi connectivity index (χ0v) is 19.4. The van der Waals surface area contributed by atoms with Crippen molar-refractivity contribution >= 4 is 49.5 Å². The number of aldehydes is 1. The van der Waals surface area contributed by atoms with Crippen LogP contribution in [-0.4, -0.2) is 59.8 Å². The molecule has 2 N–H and O–H groups in total. The van der Waals surface area contributed by atoms with Crippen LogP contribution < -0.4 is 10.6 Å². The van der Waals surface area contributed by atoms with E-state index in [0.29, 0.717) is 22.1 Å². The van der Waals surface area contributed by atoms with Crippen LogP contribution in [0, 0.1) is 5.82 Å². The highest BCUT2D eigenvalue weighted by Gasteiger charge is 2.37. The molecule has 2 aromatic heterocycles. The number of sulfone groups is 1. The lowest BCUT2D eigenvalue weighted by Gasteiger charge is -2.15. The molecule has 2 amide bonds. The van der Waals surface area contributed by atoms with E-state index in [-0.39, 0.29) is 23.0 Å². The third-order valence-electron chi connectivity index (χ3n) is 5.07. The SMILES string of the molecule is O=CCCS(=O)(=O)C(C(=O)NCC(=O)NC1CC1)c1nc2c(F)cc(-c3cncnc3)cc2s1. The summed E-state index contributed by atoms with van der Waals surface area (Å²) in [4.78, 5) is 47.5. The molecule has 178 valence electrons. The summed E-state index contributed by atoms with van der Waals surface area (Å²) in [5.74, 6) is -2.70. The van der Waals surface area contributed by atoms with Crippen molar-refractivity contribution in [2.45, 2.75) is 30.6 Å². The van der Waals surface area contributed by atoms with Gasteiger partial charge >= 0.3 is 0 Å². The molecule has 34 heavy (non-hydrogen) atoms. The molecule has 2 heterocycles. The van der Waals surface area contributed by atoms with Crippen LogP contribution in [0.1, 0.15) is 29.5 Å². The van der Waals surface area contributed by atoms with Crippen LogP contribution in [0.2, 0.25) is 0 Å². The Balaban J connectivity index is 1.67. The summed E-state index contributed by atoms with van der Waals surface area (Å²) in [5, 5.41) is 3.08. The Morgan fingerprint density at radius 1 is 1.21 bits per heavy atom. The third kappa shape index (κ3) is 5.42. The molecule has 1 atom stereocenters. The number of rotatable bonds is 10. The van der Waals surface area contributed by atoms with Gasteiger partial charge in [-0.25, -0.2) is 27.8 Å². The highest BCUT2D eigenvalue weighted by atomic mass is 32.2. The minimum Gasteiger partial charge on any atom is -0.352 e. The normalized spacial score (nSPS) is 14.5. The largest absolute Gasteiger partial charge is 0.352 e. The number of fused-ring (bicyclic) bond motifs is 1. The zero-order valence-electron chi connectivity index (χ0n) is 17.7. The predicted molar refractivity (Wildman–Crippen MR) is 122 cm³/mol. The summed E-state index contributed by atoms with van der Waals surface area (Å²) in [6.07, 6.45) is 6.17. The number of thiazole rings is 1. The lowest BCUT2D eigenvalue weighted by molar-refractivity contribution is -0.126. The average Bonchev–Trinajstić information content (AvgIpc) is 3.52. The lowest BCUT2D eigenvalue weighted by Crippen LogP contribution is -2.41. The molecule has 4 rings (SSSR count). The molecule has 0 radical (unpaired) electrons. The van der Waals surface area contributed by atoms with Gasteiger partial charge in [-0.2, -0.15) is 0 Å². The molecule has 1 unspecified atom stereocenters. The first kappa shape index (κ1) is 23.8. The van der Waals surface area contributed by atoms with Crippen molar-refractivity contribution in [2.24, 2.45) is 0 Å².